The number of nitrogens with one attached hydrogen (secondary N) is 1. The molecule has 1 saturated carbocycles. The molecule has 1 unspecified atom stereocenters. The minimum absolute atomic E-state index is 0.207. The lowest BCUT2D eigenvalue weighted by Crippen LogP contribution is -2.44. The normalized spacial score (nSPS) is 23.6. The maximum Gasteiger partial charge on any atom is 0.329 e. The van der Waals surface area contributed by atoms with E-state index in [0.29, 0.717) is 54.8 Å². The zero-order chi connectivity index (χ0) is 24.9. The summed E-state index contributed by atoms with van der Waals surface area (Å²) in [5, 5.41) is 2.96. The number of nitrogens with two attached hydrogens (primary N) is 1. The Labute approximate surface area is 209 Å². The number of halogens is 1. The van der Waals surface area contributed by atoms with Crippen molar-refractivity contribution in [3.05, 3.63) is 39.3 Å². The molecule has 3 N–H and O–H groups in total. The van der Waals surface area contributed by atoms with Gasteiger partial charge in [-0.05, 0) is 55.9 Å². The van der Waals surface area contributed by atoms with Crippen LogP contribution in [0.3, 0.4) is 0 Å². The SMILES string of the molecule is Cn1c(=O)n(C2CCC(=O)NC2=O)c2ccc(/C=C(\Cl)CCOCCO[C@H]3CC[C@H](N)CC3)cc21. The largest absolute Gasteiger partial charge is 0.379 e. The van der Waals surface area contributed by atoms with Gasteiger partial charge in [-0.1, -0.05) is 17.7 Å². The first-order valence-electron chi connectivity index (χ1n) is 12.2. The molecule has 4 rings (SSSR count). The standard InChI is InChI=1S/C25H33ClN4O5/c1-29-22-15-16(2-7-20(22)30(25(29)33)21-8-9-23(31)28-24(21)32)14-17(26)10-11-34-12-13-35-19-5-3-18(27)4-6-19/h2,7,14-15,18-19,21H,3-6,8-13,27H2,1H3,(H,28,31,32)/b17-14-/t18-,19-,21?. The van der Waals surface area contributed by atoms with Gasteiger partial charge in [0.15, 0.2) is 0 Å². The number of carbonyl (C=O) groups is 2. The number of hydrogen-bond acceptors (Lipinski definition) is 6. The van der Waals surface area contributed by atoms with Gasteiger partial charge in [-0.2, -0.15) is 0 Å². The highest BCUT2D eigenvalue weighted by atomic mass is 35.5. The minimum atomic E-state index is -0.703. The van der Waals surface area contributed by atoms with Gasteiger partial charge in [-0.25, -0.2) is 4.79 Å². The summed E-state index contributed by atoms with van der Waals surface area (Å²) < 4.78 is 14.5. The van der Waals surface area contributed by atoms with Gasteiger partial charge in [0.25, 0.3) is 0 Å². The van der Waals surface area contributed by atoms with E-state index in [1.807, 2.05) is 24.3 Å². The summed E-state index contributed by atoms with van der Waals surface area (Å²) in [5.41, 5.74) is 7.80. The Bertz CT molecular complexity index is 1160. The highest BCUT2D eigenvalue weighted by Gasteiger charge is 2.31. The van der Waals surface area contributed by atoms with Crippen LogP contribution in [0.4, 0.5) is 0 Å². The van der Waals surface area contributed by atoms with Gasteiger partial charge in [0.1, 0.15) is 6.04 Å². The Hall–Kier alpha value is -2.46. The molecule has 0 bridgehead atoms. The number of rotatable bonds is 9. The van der Waals surface area contributed by atoms with Crippen molar-refractivity contribution in [3.63, 3.8) is 0 Å². The Morgan fingerprint density at radius 1 is 1.11 bits per heavy atom. The number of aromatic nitrogens is 2. The van der Waals surface area contributed by atoms with E-state index in [2.05, 4.69) is 5.32 Å². The van der Waals surface area contributed by atoms with Crippen LogP contribution in [0, 0.1) is 0 Å². The Morgan fingerprint density at radius 3 is 2.63 bits per heavy atom. The third kappa shape index (κ3) is 6.22. The topological polar surface area (TPSA) is 118 Å². The zero-order valence-electron chi connectivity index (χ0n) is 20.0. The van der Waals surface area contributed by atoms with E-state index in [0.717, 1.165) is 31.2 Å². The summed E-state index contributed by atoms with van der Waals surface area (Å²) in [6, 6.07) is 5.15. The van der Waals surface area contributed by atoms with Crippen LogP contribution >= 0.6 is 11.6 Å². The van der Waals surface area contributed by atoms with Gasteiger partial charge in [0.2, 0.25) is 11.8 Å². The van der Waals surface area contributed by atoms with Crippen molar-refractivity contribution in [2.45, 2.75) is 63.1 Å². The number of carbonyl (C=O) groups excluding carboxylic acids is 2. The van der Waals surface area contributed by atoms with Crippen LogP contribution in [0.1, 0.15) is 56.6 Å². The van der Waals surface area contributed by atoms with Gasteiger partial charge in [-0.15, -0.1) is 0 Å². The van der Waals surface area contributed by atoms with E-state index in [9.17, 15) is 14.4 Å². The highest BCUT2D eigenvalue weighted by molar-refractivity contribution is 6.31. The van der Waals surface area contributed by atoms with E-state index in [4.69, 9.17) is 26.8 Å². The second-order valence-electron chi connectivity index (χ2n) is 9.29. The number of ether oxygens (including phenoxy) is 2. The molecule has 0 spiro atoms. The Kier molecular flexibility index (Phi) is 8.43. The smallest absolute Gasteiger partial charge is 0.329 e. The molecule has 2 aromatic rings. The van der Waals surface area contributed by atoms with Crippen LogP contribution in [0.15, 0.2) is 28.0 Å². The fourth-order valence-corrected chi connectivity index (χ4v) is 4.96. The fourth-order valence-electron chi connectivity index (χ4n) is 4.75. The van der Waals surface area contributed by atoms with Crippen LogP contribution in [0.5, 0.6) is 0 Å². The van der Waals surface area contributed by atoms with Crippen LogP contribution in [0.25, 0.3) is 17.1 Å². The number of amides is 2. The second-order valence-corrected chi connectivity index (χ2v) is 9.77. The summed E-state index contributed by atoms with van der Waals surface area (Å²) >= 11 is 6.42. The number of benzene rings is 1. The zero-order valence-corrected chi connectivity index (χ0v) is 20.8. The summed E-state index contributed by atoms with van der Waals surface area (Å²) in [7, 11) is 1.67. The average Bonchev–Trinajstić information content (AvgIpc) is 3.07. The third-order valence-corrected chi connectivity index (χ3v) is 7.04. The van der Waals surface area contributed by atoms with Crippen molar-refractivity contribution in [2.75, 3.05) is 19.8 Å². The second kappa shape index (κ2) is 11.5. The predicted octanol–water partition coefficient (Wildman–Crippen LogP) is 2.59. The first-order valence-corrected chi connectivity index (χ1v) is 12.6. The average molecular weight is 505 g/mol. The molecule has 2 fully saturated rings. The van der Waals surface area contributed by atoms with Crippen molar-refractivity contribution in [1.29, 1.82) is 0 Å². The van der Waals surface area contributed by atoms with Crippen molar-refractivity contribution in [3.8, 4) is 0 Å². The molecule has 0 radical (unpaired) electrons. The van der Waals surface area contributed by atoms with Crippen molar-refractivity contribution in [2.24, 2.45) is 12.8 Å². The summed E-state index contributed by atoms with van der Waals surface area (Å²) in [6.07, 6.45) is 7.29. The summed E-state index contributed by atoms with van der Waals surface area (Å²) in [4.78, 5) is 36.7. The lowest BCUT2D eigenvalue weighted by atomic mass is 9.94. The number of hydrogen-bond donors (Lipinski definition) is 2. The monoisotopic (exact) mass is 504 g/mol. The molecular weight excluding hydrogens is 472 g/mol. The number of fused-ring (bicyclic) bond motifs is 1. The molecular formula is C25H33ClN4O5. The molecule has 1 aromatic heterocycles. The molecule has 1 aliphatic heterocycles. The number of imidazole rings is 1. The van der Waals surface area contributed by atoms with Gasteiger partial charge in [0.05, 0.1) is 37.0 Å². The molecule has 2 heterocycles. The van der Waals surface area contributed by atoms with E-state index in [-0.39, 0.29) is 24.1 Å². The quantitative estimate of drug-likeness (QED) is 0.400. The molecule has 2 amide bonds. The molecule has 9 nitrogen and oxygen atoms in total. The van der Waals surface area contributed by atoms with E-state index < -0.39 is 11.9 Å². The molecule has 2 aliphatic rings. The van der Waals surface area contributed by atoms with Crippen LogP contribution in [0.2, 0.25) is 0 Å². The highest BCUT2D eigenvalue weighted by Crippen LogP contribution is 2.25. The molecule has 1 aromatic carbocycles. The van der Waals surface area contributed by atoms with Gasteiger partial charge < -0.3 is 15.2 Å². The van der Waals surface area contributed by atoms with E-state index in [1.54, 1.807) is 7.05 Å². The fraction of sp³-hybridized carbons (Fsp3) is 0.560. The van der Waals surface area contributed by atoms with Crippen molar-refractivity contribution >= 4 is 40.5 Å². The van der Waals surface area contributed by atoms with Crippen LogP contribution in [-0.2, 0) is 26.1 Å². The lowest BCUT2D eigenvalue weighted by Gasteiger charge is -2.26. The van der Waals surface area contributed by atoms with E-state index >= 15 is 0 Å². The predicted molar refractivity (Wildman–Crippen MR) is 134 cm³/mol. The Balaban J connectivity index is 1.32. The maximum absolute atomic E-state index is 12.9. The van der Waals surface area contributed by atoms with Crippen LogP contribution < -0.4 is 16.7 Å². The lowest BCUT2D eigenvalue weighted by molar-refractivity contribution is -0.135. The maximum atomic E-state index is 12.9. The number of aryl methyl sites for hydroxylation is 1. The third-order valence-electron chi connectivity index (χ3n) is 6.74. The van der Waals surface area contributed by atoms with Gasteiger partial charge in [-0.3, -0.25) is 24.0 Å². The van der Waals surface area contributed by atoms with Crippen LogP contribution in [-0.4, -0.2) is 52.9 Å². The van der Waals surface area contributed by atoms with Gasteiger partial charge >= 0.3 is 5.69 Å². The minimum Gasteiger partial charge on any atom is -0.379 e. The molecule has 1 atom stereocenters. The molecule has 1 aliphatic carbocycles. The number of piperidine rings is 1. The molecule has 35 heavy (non-hydrogen) atoms. The van der Waals surface area contributed by atoms with Gasteiger partial charge in [0, 0.05) is 31.0 Å². The molecule has 190 valence electrons. The Morgan fingerprint density at radius 2 is 1.89 bits per heavy atom. The summed E-state index contributed by atoms with van der Waals surface area (Å²) in [5.74, 6) is -0.760. The van der Waals surface area contributed by atoms with Crippen molar-refractivity contribution in [1.82, 2.24) is 14.5 Å². The summed E-state index contributed by atoms with van der Waals surface area (Å²) in [6.45, 7) is 1.58. The molecule has 1 saturated heterocycles. The number of nitrogens with zero attached hydrogens (tertiary/aromatic N) is 2. The van der Waals surface area contributed by atoms with E-state index in [1.165, 1.54) is 9.13 Å². The first-order chi connectivity index (χ1) is 16.8. The van der Waals surface area contributed by atoms with Crippen molar-refractivity contribution < 1.29 is 19.1 Å². The molecule has 10 heteroatoms. The first kappa shape index (κ1) is 25.6. The number of imide groups is 1.